The lowest BCUT2D eigenvalue weighted by molar-refractivity contribution is 0.146. The first-order valence-electron chi connectivity index (χ1n) is 10.1. The van der Waals surface area contributed by atoms with Crippen LogP contribution in [0.4, 0.5) is 0 Å². The van der Waals surface area contributed by atoms with Gasteiger partial charge in [-0.3, -0.25) is 9.89 Å². The lowest BCUT2D eigenvalue weighted by Crippen LogP contribution is -2.46. The average Bonchev–Trinajstić information content (AvgIpc) is 3.21. The molecule has 6 heteroatoms. The SMILES string of the molecule is CCC(C)N(C)CCNC(=NC)NCC(c1ccco1)N1CCCCC1. The first kappa shape index (κ1) is 20.8. The maximum absolute atomic E-state index is 5.72. The first-order chi connectivity index (χ1) is 12.7. The van der Waals surface area contributed by atoms with E-state index in [1.165, 1.54) is 25.7 Å². The third-order valence-corrected chi connectivity index (χ3v) is 5.49. The Bertz CT molecular complexity index is 510. The summed E-state index contributed by atoms with van der Waals surface area (Å²) in [5.41, 5.74) is 0. The van der Waals surface area contributed by atoms with Gasteiger partial charge in [0, 0.05) is 32.7 Å². The molecule has 2 heterocycles. The van der Waals surface area contributed by atoms with Crippen LogP contribution in [0.1, 0.15) is 51.3 Å². The van der Waals surface area contributed by atoms with Crippen molar-refractivity contribution in [2.45, 2.75) is 51.6 Å². The molecular formula is C20H37N5O. The number of likely N-dealkylation sites (tertiary alicyclic amines) is 1. The molecule has 6 nitrogen and oxygen atoms in total. The normalized spacial score (nSPS) is 18.7. The van der Waals surface area contributed by atoms with Crippen molar-refractivity contribution in [1.82, 2.24) is 20.4 Å². The van der Waals surface area contributed by atoms with E-state index in [1.807, 2.05) is 13.1 Å². The van der Waals surface area contributed by atoms with Crippen LogP contribution in [0.3, 0.4) is 0 Å². The average molecular weight is 364 g/mol. The van der Waals surface area contributed by atoms with Gasteiger partial charge in [0.15, 0.2) is 5.96 Å². The second-order valence-electron chi connectivity index (χ2n) is 7.25. The van der Waals surface area contributed by atoms with E-state index in [9.17, 15) is 0 Å². The van der Waals surface area contributed by atoms with Crippen LogP contribution in [0, 0.1) is 0 Å². The van der Waals surface area contributed by atoms with E-state index in [1.54, 1.807) is 6.26 Å². The monoisotopic (exact) mass is 363 g/mol. The molecule has 2 N–H and O–H groups in total. The molecule has 0 spiro atoms. The Morgan fingerprint density at radius 3 is 2.69 bits per heavy atom. The molecule has 1 aliphatic heterocycles. The molecule has 2 atom stereocenters. The third-order valence-electron chi connectivity index (χ3n) is 5.49. The zero-order valence-corrected chi connectivity index (χ0v) is 17.0. The van der Waals surface area contributed by atoms with Crippen molar-refractivity contribution in [2.75, 3.05) is 46.8 Å². The van der Waals surface area contributed by atoms with Crippen molar-refractivity contribution in [3.63, 3.8) is 0 Å². The molecule has 2 unspecified atom stereocenters. The van der Waals surface area contributed by atoms with E-state index in [4.69, 9.17) is 4.42 Å². The minimum Gasteiger partial charge on any atom is -0.468 e. The number of hydrogen-bond donors (Lipinski definition) is 2. The minimum atomic E-state index is 0.256. The highest BCUT2D eigenvalue weighted by Crippen LogP contribution is 2.24. The highest BCUT2D eigenvalue weighted by atomic mass is 16.3. The van der Waals surface area contributed by atoms with Crippen LogP contribution in [0.2, 0.25) is 0 Å². The Labute approximate surface area is 159 Å². The van der Waals surface area contributed by atoms with Crippen LogP contribution in [-0.2, 0) is 0 Å². The molecule has 1 fully saturated rings. The van der Waals surface area contributed by atoms with Gasteiger partial charge in [0.25, 0.3) is 0 Å². The Hall–Kier alpha value is -1.53. The first-order valence-corrected chi connectivity index (χ1v) is 10.1. The molecule has 0 bridgehead atoms. The summed E-state index contributed by atoms with van der Waals surface area (Å²) in [5, 5.41) is 6.92. The van der Waals surface area contributed by atoms with Crippen LogP contribution in [-0.4, -0.2) is 68.6 Å². The molecule has 1 aliphatic rings. The molecule has 1 saturated heterocycles. The Morgan fingerprint density at radius 1 is 1.31 bits per heavy atom. The fraction of sp³-hybridized carbons (Fsp3) is 0.750. The van der Waals surface area contributed by atoms with Gasteiger partial charge < -0.3 is 20.0 Å². The van der Waals surface area contributed by atoms with Gasteiger partial charge in [-0.2, -0.15) is 0 Å². The predicted molar refractivity (Wildman–Crippen MR) is 109 cm³/mol. The molecular weight excluding hydrogens is 326 g/mol. The van der Waals surface area contributed by atoms with Crippen LogP contribution < -0.4 is 10.6 Å². The number of rotatable bonds is 9. The second-order valence-corrected chi connectivity index (χ2v) is 7.25. The predicted octanol–water partition coefficient (Wildman–Crippen LogP) is 2.70. The fourth-order valence-electron chi connectivity index (χ4n) is 3.42. The molecule has 0 aliphatic carbocycles. The van der Waals surface area contributed by atoms with E-state index in [2.05, 4.69) is 52.4 Å². The molecule has 0 radical (unpaired) electrons. The smallest absolute Gasteiger partial charge is 0.191 e. The summed E-state index contributed by atoms with van der Waals surface area (Å²) in [6.45, 7) is 9.45. The van der Waals surface area contributed by atoms with Crippen molar-refractivity contribution < 1.29 is 4.42 Å². The van der Waals surface area contributed by atoms with Gasteiger partial charge in [-0.05, 0) is 58.5 Å². The number of likely N-dealkylation sites (N-methyl/N-ethyl adjacent to an activating group) is 1. The Kier molecular flexibility index (Phi) is 8.98. The number of nitrogens with one attached hydrogen (secondary N) is 2. The number of aliphatic imine (C=N–C) groups is 1. The summed E-state index contributed by atoms with van der Waals surface area (Å²) in [4.78, 5) is 9.28. The summed E-state index contributed by atoms with van der Waals surface area (Å²) in [6, 6.07) is 4.92. The van der Waals surface area contributed by atoms with Crippen molar-refractivity contribution in [3.8, 4) is 0 Å². The summed E-state index contributed by atoms with van der Waals surface area (Å²) < 4.78 is 5.72. The van der Waals surface area contributed by atoms with Crippen molar-refractivity contribution >= 4 is 5.96 Å². The van der Waals surface area contributed by atoms with Gasteiger partial charge in [-0.25, -0.2) is 0 Å². The number of guanidine groups is 1. The van der Waals surface area contributed by atoms with Crippen LogP contribution in [0.5, 0.6) is 0 Å². The molecule has 26 heavy (non-hydrogen) atoms. The zero-order valence-electron chi connectivity index (χ0n) is 17.0. The lowest BCUT2D eigenvalue weighted by atomic mass is 10.1. The van der Waals surface area contributed by atoms with Crippen LogP contribution in [0.25, 0.3) is 0 Å². The van der Waals surface area contributed by atoms with E-state index in [0.29, 0.717) is 6.04 Å². The van der Waals surface area contributed by atoms with Crippen molar-refractivity contribution in [1.29, 1.82) is 0 Å². The Balaban J connectivity index is 1.83. The number of nitrogens with zero attached hydrogens (tertiary/aromatic N) is 3. The summed E-state index contributed by atoms with van der Waals surface area (Å²) >= 11 is 0. The molecule has 0 amide bonds. The standard InChI is InChI=1S/C20H37N5O/c1-5-17(2)24(4)14-11-22-20(21-3)23-16-18(19-10-9-15-26-19)25-12-7-6-8-13-25/h9-10,15,17-18H,5-8,11-14,16H2,1-4H3,(H2,21,22,23). The summed E-state index contributed by atoms with van der Waals surface area (Å²) in [7, 11) is 4.01. The molecule has 0 saturated carbocycles. The Morgan fingerprint density at radius 2 is 2.08 bits per heavy atom. The third kappa shape index (κ3) is 6.32. The lowest BCUT2D eigenvalue weighted by Gasteiger charge is -2.33. The maximum Gasteiger partial charge on any atom is 0.191 e. The van der Waals surface area contributed by atoms with Gasteiger partial charge in [0.05, 0.1) is 12.3 Å². The van der Waals surface area contributed by atoms with Gasteiger partial charge in [0.1, 0.15) is 5.76 Å². The minimum absolute atomic E-state index is 0.256. The zero-order chi connectivity index (χ0) is 18.8. The maximum atomic E-state index is 5.72. The topological polar surface area (TPSA) is 56.0 Å². The van der Waals surface area contributed by atoms with E-state index >= 15 is 0 Å². The van der Waals surface area contributed by atoms with Crippen molar-refractivity contribution in [3.05, 3.63) is 24.2 Å². The van der Waals surface area contributed by atoms with E-state index in [0.717, 1.165) is 44.4 Å². The molecule has 1 aromatic rings. The summed E-state index contributed by atoms with van der Waals surface area (Å²) in [6.07, 6.45) is 6.81. The van der Waals surface area contributed by atoms with Gasteiger partial charge in [0.2, 0.25) is 0 Å². The van der Waals surface area contributed by atoms with Crippen molar-refractivity contribution in [2.24, 2.45) is 4.99 Å². The summed E-state index contributed by atoms with van der Waals surface area (Å²) in [5.74, 6) is 1.89. The quantitative estimate of drug-likeness (QED) is 0.522. The van der Waals surface area contributed by atoms with Crippen LogP contribution >= 0.6 is 0 Å². The van der Waals surface area contributed by atoms with Gasteiger partial charge >= 0.3 is 0 Å². The number of hydrogen-bond acceptors (Lipinski definition) is 4. The number of furan rings is 1. The highest BCUT2D eigenvalue weighted by molar-refractivity contribution is 5.79. The highest BCUT2D eigenvalue weighted by Gasteiger charge is 2.24. The molecule has 2 rings (SSSR count). The van der Waals surface area contributed by atoms with Gasteiger partial charge in [-0.15, -0.1) is 0 Å². The van der Waals surface area contributed by atoms with E-state index < -0.39 is 0 Å². The largest absolute Gasteiger partial charge is 0.468 e. The fourth-order valence-corrected chi connectivity index (χ4v) is 3.42. The van der Waals surface area contributed by atoms with Gasteiger partial charge in [-0.1, -0.05) is 13.3 Å². The second kappa shape index (κ2) is 11.2. The molecule has 148 valence electrons. The van der Waals surface area contributed by atoms with Crippen LogP contribution in [0.15, 0.2) is 27.8 Å². The molecule has 0 aromatic carbocycles. The number of piperidine rings is 1. The van der Waals surface area contributed by atoms with E-state index in [-0.39, 0.29) is 6.04 Å². The molecule has 1 aromatic heterocycles.